The summed E-state index contributed by atoms with van der Waals surface area (Å²) in [5.41, 5.74) is 4.94. The molecule has 0 aliphatic carbocycles. The van der Waals surface area contributed by atoms with E-state index in [4.69, 9.17) is 9.72 Å². The van der Waals surface area contributed by atoms with E-state index < -0.39 is 0 Å². The molecule has 3 heteroatoms. The molecule has 2 aromatic carbocycles. The monoisotopic (exact) mass is 250 g/mol. The van der Waals surface area contributed by atoms with Crippen molar-refractivity contribution in [2.75, 3.05) is 7.11 Å². The third-order valence-corrected chi connectivity index (χ3v) is 3.16. The molecule has 0 saturated carbocycles. The fourth-order valence-electron chi connectivity index (χ4n) is 2.07. The van der Waals surface area contributed by atoms with Gasteiger partial charge in [0.25, 0.3) is 0 Å². The van der Waals surface area contributed by atoms with Gasteiger partial charge in [0.1, 0.15) is 5.75 Å². The molecular weight excluding hydrogens is 236 g/mol. The minimum absolute atomic E-state index is 0.841. The minimum Gasteiger partial charge on any atom is -0.497 e. The zero-order valence-electron chi connectivity index (χ0n) is 10.9. The molecule has 0 atom stereocenters. The predicted octanol–water partition coefficient (Wildman–Crippen LogP) is 3.61. The van der Waals surface area contributed by atoms with Crippen molar-refractivity contribution in [1.82, 2.24) is 9.97 Å². The minimum atomic E-state index is 0.841. The summed E-state index contributed by atoms with van der Waals surface area (Å²) in [6.07, 6.45) is 1.81. The van der Waals surface area contributed by atoms with Crippen LogP contribution in [0.3, 0.4) is 0 Å². The van der Waals surface area contributed by atoms with Crippen LogP contribution in [0.4, 0.5) is 0 Å². The van der Waals surface area contributed by atoms with Crippen molar-refractivity contribution in [3.05, 3.63) is 54.2 Å². The second kappa shape index (κ2) is 4.69. The van der Waals surface area contributed by atoms with Crippen LogP contribution >= 0.6 is 0 Å². The van der Waals surface area contributed by atoms with E-state index in [0.29, 0.717) is 0 Å². The topological polar surface area (TPSA) is 35.0 Å². The van der Waals surface area contributed by atoms with Crippen LogP contribution in [0.5, 0.6) is 5.75 Å². The molecule has 0 bridgehead atoms. The Hall–Kier alpha value is -2.42. The highest BCUT2D eigenvalue weighted by Gasteiger charge is 2.04. The van der Waals surface area contributed by atoms with Crippen LogP contribution in [0, 0.1) is 6.92 Å². The highest BCUT2D eigenvalue weighted by Crippen LogP contribution is 2.22. The van der Waals surface area contributed by atoms with E-state index in [1.165, 1.54) is 0 Å². The Kier molecular flexibility index (Phi) is 2.88. The summed E-state index contributed by atoms with van der Waals surface area (Å²) in [6, 6.07) is 13.9. The number of benzene rings is 2. The maximum atomic E-state index is 5.16. The van der Waals surface area contributed by atoms with Crippen LogP contribution in [0.15, 0.2) is 48.7 Å². The number of aromatic nitrogens is 2. The lowest BCUT2D eigenvalue weighted by atomic mass is 10.1. The molecule has 94 valence electrons. The predicted molar refractivity (Wildman–Crippen MR) is 76.3 cm³/mol. The number of nitrogens with zero attached hydrogens (tertiary/aromatic N) is 2. The number of hydrogen-bond donors (Lipinski definition) is 0. The highest BCUT2D eigenvalue weighted by molar-refractivity contribution is 5.80. The number of ether oxygens (including phenoxy) is 1. The number of hydrogen-bond acceptors (Lipinski definition) is 3. The van der Waals surface area contributed by atoms with Gasteiger partial charge in [0.2, 0.25) is 0 Å². The lowest BCUT2D eigenvalue weighted by Gasteiger charge is -2.05. The summed E-state index contributed by atoms with van der Waals surface area (Å²) in [6.45, 7) is 2.05. The second-order valence-corrected chi connectivity index (χ2v) is 4.43. The molecule has 0 amide bonds. The molecule has 0 aliphatic heterocycles. The van der Waals surface area contributed by atoms with Gasteiger partial charge in [-0.2, -0.15) is 0 Å². The van der Waals surface area contributed by atoms with Gasteiger partial charge in [-0.1, -0.05) is 12.1 Å². The van der Waals surface area contributed by atoms with Gasteiger partial charge in [0.05, 0.1) is 30.0 Å². The standard InChI is InChI=1S/C16H14N2O/c1-11-4-3-5-14-16(11)18-15(10-17-14)12-6-8-13(19-2)9-7-12/h3-10H,1-2H3. The second-order valence-electron chi connectivity index (χ2n) is 4.43. The van der Waals surface area contributed by atoms with Crippen molar-refractivity contribution in [3.63, 3.8) is 0 Å². The molecule has 19 heavy (non-hydrogen) atoms. The van der Waals surface area contributed by atoms with Crippen LogP contribution in [0.25, 0.3) is 22.3 Å². The van der Waals surface area contributed by atoms with Crippen LogP contribution in [0.1, 0.15) is 5.56 Å². The first kappa shape index (κ1) is 11.7. The van der Waals surface area contributed by atoms with Crippen LogP contribution < -0.4 is 4.74 Å². The largest absolute Gasteiger partial charge is 0.497 e. The molecule has 0 aliphatic rings. The van der Waals surface area contributed by atoms with E-state index >= 15 is 0 Å². The Balaban J connectivity index is 2.11. The summed E-state index contributed by atoms with van der Waals surface area (Å²) in [7, 11) is 1.66. The SMILES string of the molecule is COc1ccc(-c2cnc3cccc(C)c3n2)cc1. The Morgan fingerprint density at radius 3 is 2.53 bits per heavy atom. The molecule has 0 unspecified atom stereocenters. The van der Waals surface area contributed by atoms with E-state index in [0.717, 1.165) is 33.6 Å². The van der Waals surface area contributed by atoms with E-state index in [9.17, 15) is 0 Å². The molecule has 0 fully saturated rings. The first-order chi connectivity index (χ1) is 9.28. The zero-order valence-corrected chi connectivity index (χ0v) is 10.9. The maximum absolute atomic E-state index is 5.16. The average molecular weight is 250 g/mol. The zero-order chi connectivity index (χ0) is 13.2. The quantitative estimate of drug-likeness (QED) is 0.696. The number of fused-ring (bicyclic) bond motifs is 1. The van der Waals surface area contributed by atoms with Gasteiger partial charge in [-0.25, -0.2) is 4.98 Å². The Morgan fingerprint density at radius 2 is 1.79 bits per heavy atom. The summed E-state index contributed by atoms with van der Waals surface area (Å²) in [5, 5.41) is 0. The molecule has 0 spiro atoms. The van der Waals surface area contributed by atoms with Crippen molar-refractivity contribution in [2.45, 2.75) is 6.92 Å². The number of aryl methyl sites for hydroxylation is 1. The van der Waals surface area contributed by atoms with Crippen LogP contribution in [-0.2, 0) is 0 Å². The molecule has 0 saturated heterocycles. The summed E-state index contributed by atoms with van der Waals surface area (Å²) in [4.78, 5) is 9.16. The van der Waals surface area contributed by atoms with Gasteiger partial charge in [-0.15, -0.1) is 0 Å². The smallest absolute Gasteiger partial charge is 0.118 e. The van der Waals surface area contributed by atoms with Crippen LogP contribution in [0.2, 0.25) is 0 Å². The molecule has 3 aromatic rings. The lowest BCUT2D eigenvalue weighted by Crippen LogP contribution is -1.91. The molecule has 0 N–H and O–H groups in total. The number of para-hydroxylation sites is 1. The summed E-state index contributed by atoms with van der Waals surface area (Å²) >= 11 is 0. The molecule has 3 nitrogen and oxygen atoms in total. The fourth-order valence-corrected chi connectivity index (χ4v) is 2.07. The highest BCUT2D eigenvalue weighted by atomic mass is 16.5. The Labute approximate surface area is 111 Å². The first-order valence-electron chi connectivity index (χ1n) is 6.15. The van der Waals surface area contributed by atoms with Gasteiger partial charge >= 0.3 is 0 Å². The van der Waals surface area contributed by atoms with E-state index in [-0.39, 0.29) is 0 Å². The molecule has 1 aromatic heterocycles. The lowest BCUT2D eigenvalue weighted by molar-refractivity contribution is 0.415. The molecule has 1 heterocycles. The van der Waals surface area contributed by atoms with E-state index in [1.54, 1.807) is 7.11 Å². The van der Waals surface area contributed by atoms with Crippen molar-refractivity contribution in [1.29, 1.82) is 0 Å². The number of rotatable bonds is 2. The third-order valence-electron chi connectivity index (χ3n) is 3.16. The van der Waals surface area contributed by atoms with Crippen molar-refractivity contribution in [3.8, 4) is 17.0 Å². The number of methoxy groups -OCH3 is 1. The van der Waals surface area contributed by atoms with Crippen molar-refractivity contribution in [2.24, 2.45) is 0 Å². The third kappa shape index (κ3) is 2.15. The average Bonchev–Trinajstić information content (AvgIpc) is 2.47. The van der Waals surface area contributed by atoms with Gasteiger partial charge in [-0.05, 0) is 42.8 Å². The van der Waals surface area contributed by atoms with Gasteiger partial charge in [0.15, 0.2) is 0 Å². The van der Waals surface area contributed by atoms with E-state index in [1.807, 2.05) is 42.6 Å². The summed E-state index contributed by atoms with van der Waals surface area (Å²) < 4.78 is 5.16. The molecule has 3 rings (SSSR count). The normalized spacial score (nSPS) is 10.6. The van der Waals surface area contributed by atoms with Gasteiger partial charge in [-0.3, -0.25) is 4.98 Å². The maximum Gasteiger partial charge on any atom is 0.118 e. The van der Waals surface area contributed by atoms with Crippen LogP contribution in [-0.4, -0.2) is 17.1 Å². The molecular formula is C16H14N2O. The Morgan fingerprint density at radius 1 is 1.00 bits per heavy atom. The van der Waals surface area contributed by atoms with Gasteiger partial charge < -0.3 is 4.74 Å². The summed E-state index contributed by atoms with van der Waals surface area (Å²) in [5.74, 6) is 0.841. The fraction of sp³-hybridized carbons (Fsp3) is 0.125. The molecule has 0 radical (unpaired) electrons. The van der Waals surface area contributed by atoms with Crippen molar-refractivity contribution >= 4 is 11.0 Å². The van der Waals surface area contributed by atoms with E-state index in [2.05, 4.69) is 18.0 Å². The Bertz CT molecular complexity index is 720. The van der Waals surface area contributed by atoms with Gasteiger partial charge in [0, 0.05) is 5.56 Å². The van der Waals surface area contributed by atoms with Crippen molar-refractivity contribution < 1.29 is 4.74 Å². The first-order valence-corrected chi connectivity index (χ1v) is 6.15.